The molecule has 5 heteroatoms. The van der Waals surface area contributed by atoms with Crippen molar-refractivity contribution < 1.29 is 0 Å². The first-order valence-corrected chi connectivity index (χ1v) is 7.49. The smallest absolute Gasteiger partial charge is 0.118 e. The van der Waals surface area contributed by atoms with Crippen molar-refractivity contribution >= 4 is 49.5 Å². The zero-order valence-corrected chi connectivity index (χ0v) is 12.8. The van der Waals surface area contributed by atoms with E-state index in [0.717, 1.165) is 33.7 Å². The lowest BCUT2D eigenvalue weighted by atomic mass is 9.89. The van der Waals surface area contributed by atoms with Crippen LogP contribution in [0.2, 0.25) is 0 Å². The number of H-pyrrole nitrogens is 1. The zero-order valence-electron chi connectivity index (χ0n) is 11.0. The molecule has 2 aromatic rings. The van der Waals surface area contributed by atoms with Gasteiger partial charge in [-0.25, -0.2) is 0 Å². The predicted octanol–water partition coefficient (Wildman–Crippen LogP) is 1.98. The first kappa shape index (κ1) is 12.2. The molecule has 0 amide bonds. The lowest BCUT2D eigenvalue weighted by Gasteiger charge is -2.14. The van der Waals surface area contributed by atoms with Gasteiger partial charge >= 0.3 is 0 Å². The molecule has 3 heterocycles. The van der Waals surface area contributed by atoms with E-state index in [2.05, 4.69) is 49.0 Å². The van der Waals surface area contributed by atoms with E-state index in [0.29, 0.717) is 12.1 Å². The van der Waals surface area contributed by atoms with Crippen molar-refractivity contribution in [1.29, 1.82) is 0 Å². The topological polar surface area (TPSA) is 18.8 Å². The third kappa shape index (κ3) is 1.47. The molecule has 2 nitrogen and oxygen atoms in total. The van der Waals surface area contributed by atoms with Crippen molar-refractivity contribution in [2.45, 2.75) is 48.7 Å². The summed E-state index contributed by atoms with van der Waals surface area (Å²) in [5.41, 5.74) is 5.71. The molecule has 96 valence electrons. The second-order valence-corrected chi connectivity index (χ2v) is 6.65. The van der Waals surface area contributed by atoms with Gasteiger partial charge in [0.1, 0.15) is 7.85 Å². The molecule has 1 aromatic carbocycles. The molecule has 3 atom stereocenters. The van der Waals surface area contributed by atoms with Crippen molar-refractivity contribution in [3.8, 4) is 0 Å². The minimum absolute atomic E-state index is 0.714. The van der Waals surface area contributed by atoms with Crippen LogP contribution >= 0.6 is 25.3 Å². The number of rotatable bonds is 0. The minimum Gasteiger partial charge on any atom is -0.358 e. The number of thiol groups is 2. The summed E-state index contributed by atoms with van der Waals surface area (Å²) in [7, 11) is 6.20. The van der Waals surface area contributed by atoms with Gasteiger partial charge in [-0.3, -0.25) is 4.90 Å². The van der Waals surface area contributed by atoms with Crippen molar-refractivity contribution in [2.24, 2.45) is 0 Å². The number of nitrogens with zero attached hydrogens (tertiary/aromatic N) is 1. The average molecular weight is 286 g/mol. The molecule has 0 aliphatic carbocycles. The Bertz CT molecular complexity index is 722. The molecule has 1 aromatic heterocycles. The lowest BCUT2D eigenvalue weighted by molar-refractivity contribution is 0.452. The number of fused-ring (bicyclic) bond motifs is 4. The van der Waals surface area contributed by atoms with Crippen LogP contribution in [0.5, 0.6) is 0 Å². The van der Waals surface area contributed by atoms with Crippen LogP contribution in [0.15, 0.2) is 9.79 Å². The molecule has 2 unspecified atom stereocenters. The summed E-state index contributed by atoms with van der Waals surface area (Å²) in [6.07, 6.45) is 1.12. The first-order valence-electron chi connectivity index (χ1n) is 6.59. The highest BCUT2D eigenvalue weighted by atomic mass is 32.1. The number of aromatic amines is 1. The summed E-state index contributed by atoms with van der Waals surface area (Å²) in [5.74, 6) is 0. The number of aromatic nitrogens is 1. The molecule has 19 heavy (non-hydrogen) atoms. The molecule has 0 spiro atoms. The average Bonchev–Trinajstić information content (AvgIpc) is 2.87. The third-order valence-electron chi connectivity index (χ3n) is 4.84. The Morgan fingerprint density at radius 1 is 1.32 bits per heavy atom. The summed E-state index contributed by atoms with van der Waals surface area (Å²) >= 11 is 9.05. The van der Waals surface area contributed by atoms with Gasteiger partial charge in [0.15, 0.2) is 0 Å². The minimum atomic E-state index is 0.714. The molecule has 0 saturated carbocycles. The highest BCUT2D eigenvalue weighted by Crippen LogP contribution is 2.42. The van der Waals surface area contributed by atoms with E-state index in [1.54, 1.807) is 0 Å². The molecule has 2 radical (unpaired) electrons. The normalized spacial score (nSPS) is 28.3. The monoisotopic (exact) mass is 286 g/mol. The molecule has 2 aliphatic heterocycles. The quantitative estimate of drug-likeness (QED) is 0.384. The van der Waals surface area contributed by atoms with Crippen LogP contribution in [0.3, 0.4) is 0 Å². The molecule has 1 saturated heterocycles. The van der Waals surface area contributed by atoms with Gasteiger partial charge in [-0.2, -0.15) is 0 Å². The van der Waals surface area contributed by atoms with Crippen molar-refractivity contribution in [1.82, 2.24) is 9.88 Å². The van der Waals surface area contributed by atoms with E-state index in [4.69, 9.17) is 7.85 Å². The third-order valence-corrected chi connectivity index (χ3v) is 6.04. The van der Waals surface area contributed by atoms with Gasteiger partial charge in [0.2, 0.25) is 0 Å². The number of aryl methyl sites for hydroxylation is 1. The van der Waals surface area contributed by atoms with Gasteiger partial charge < -0.3 is 4.98 Å². The molecule has 4 rings (SSSR count). The predicted molar refractivity (Wildman–Crippen MR) is 85.4 cm³/mol. The second-order valence-electron chi connectivity index (χ2n) is 5.75. The fourth-order valence-electron chi connectivity index (χ4n) is 3.53. The molecular formula is C14H15BN2S2. The largest absolute Gasteiger partial charge is 0.358 e. The number of hydrogen-bond donors (Lipinski definition) is 3. The van der Waals surface area contributed by atoms with E-state index in [9.17, 15) is 0 Å². The summed E-state index contributed by atoms with van der Waals surface area (Å²) in [5, 5.41) is 1.27. The maximum atomic E-state index is 6.20. The van der Waals surface area contributed by atoms with Gasteiger partial charge in [-0.05, 0) is 31.4 Å². The number of benzene rings is 1. The first-order chi connectivity index (χ1) is 9.00. The summed E-state index contributed by atoms with van der Waals surface area (Å²) in [4.78, 5) is 7.73. The Morgan fingerprint density at radius 3 is 2.79 bits per heavy atom. The fourth-order valence-corrected chi connectivity index (χ4v) is 4.04. The lowest BCUT2D eigenvalue weighted by Crippen LogP contribution is -2.13. The van der Waals surface area contributed by atoms with Crippen LogP contribution in [0, 0.1) is 6.92 Å². The fraction of sp³-hybridized carbons (Fsp3) is 0.429. The van der Waals surface area contributed by atoms with E-state index in [1.165, 1.54) is 22.2 Å². The highest BCUT2D eigenvalue weighted by Gasteiger charge is 2.47. The van der Waals surface area contributed by atoms with Gasteiger partial charge in [0, 0.05) is 45.0 Å². The van der Waals surface area contributed by atoms with Gasteiger partial charge in [-0.1, -0.05) is 5.46 Å². The van der Waals surface area contributed by atoms with Gasteiger partial charge in [0.05, 0.1) is 0 Å². The van der Waals surface area contributed by atoms with Gasteiger partial charge in [0.25, 0.3) is 0 Å². The maximum absolute atomic E-state index is 6.20. The van der Waals surface area contributed by atoms with Crippen LogP contribution < -0.4 is 5.46 Å². The molecular weight excluding hydrogens is 271 g/mol. The van der Waals surface area contributed by atoms with Crippen molar-refractivity contribution in [2.75, 3.05) is 0 Å². The SMILES string of the molecule is [B]c1c(S)c(S)c(C)c2c3c([nH]c12)CN1C(C)[C@@H]1C3. The van der Waals surface area contributed by atoms with E-state index in [1.807, 2.05) is 0 Å². The number of hydrogen-bond acceptors (Lipinski definition) is 3. The zero-order chi connectivity index (χ0) is 13.5. The molecule has 1 fully saturated rings. The van der Waals surface area contributed by atoms with Gasteiger partial charge in [-0.15, -0.1) is 25.3 Å². The number of nitrogens with one attached hydrogen (secondary N) is 1. The van der Waals surface area contributed by atoms with E-state index < -0.39 is 0 Å². The standard InChI is InChI=1S/C14H15BN2S2/c1-5-10-7-3-9-6(2)17(9)4-8(7)16-12(10)11(15)14(19)13(5)18/h6,9,16,18-19H,3-4H2,1-2H3/t6?,9-,17?/m0/s1. The Morgan fingerprint density at radius 2 is 2.05 bits per heavy atom. The van der Waals surface area contributed by atoms with Crippen molar-refractivity contribution in [3.63, 3.8) is 0 Å². The Hall–Kier alpha value is -0.515. The van der Waals surface area contributed by atoms with Crippen molar-refractivity contribution in [3.05, 3.63) is 16.8 Å². The highest BCUT2D eigenvalue weighted by molar-refractivity contribution is 7.83. The van der Waals surface area contributed by atoms with Crippen LogP contribution in [-0.2, 0) is 13.0 Å². The summed E-state index contributed by atoms with van der Waals surface area (Å²) in [6.45, 7) is 5.43. The molecule has 1 N–H and O–H groups in total. The Kier molecular flexibility index (Phi) is 2.43. The Labute approximate surface area is 125 Å². The Balaban J connectivity index is 2.03. The van der Waals surface area contributed by atoms with E-state index in [-0.39, 0.29) is 0 Å². The molecule has 2 aliphatic rings. The van der Waals surface area contributed by atoms with Crippen LogP contribution in [-0.4, -0.2) is 29.8 Å². The summed E-state index contributed by atoms with van der Waals surface area (Å²) in [6, 6.07) is 1.43. The van der Waals surface area contributed by atoms with Crippen LogP contribution in [0.1, 0.15) is 23.7 Å². The van der Waals surface area contributed by atoms with E-state index >= 15 is 0 Å². The molecule has 0 bridgehead atoms. The summed E-state index contributed by atoms with van der Waals surface area (Å²) < 4.78 is 0. The van der Waals surface area contributed by atoms with Crippen LogP contribution in [0.25, 0.3) is 10.9 Å². The second kappa shape index (κ2) is 3.77. The maximum Gasteiger partial charge on any atom is 0.118 e. The van der Waals surface area contributed by atoms with Crippen LogP contribution in [0.4, 0.5) is 0 Å².